The Morgan fingerprint density at radius 1 is 1.33 bits per heavy atom. The average Bonchev–Trinajstić information content (AvgIpc) is 3.46. The van der Waals surface area contributed by atoms with Gasteiger partial charge in [-0.05, 0) is 61.1 Å². The van der Waals surface area contributed by atoms with E-state index in [4.69, 9.17) is 0 Å². The molecule has 0 radical (unpaired) electrons. The summed E-state index contributed by atoms with van der Waals surface area (Å²) < 4.78 is 22.1. The number of H-pyrrole nitrogens is 1. The van der Waals surface area contributed by atoms with Gasteiger partial charge in [-0.2, -0.15) is 26.0 Å². The van der Waals surface area contributed by atoms with Crippen LogP contribution >= 0.6 is 10.6 Å². The van der Waals surface area contributed by atoms with Gasteiger partial charge in [0.2, 0.25) is 0 Å². The monoisotopic (exact) mass is 508 g/mol. The van der Waals surface area contributed by atoms with Crippen molar-refractivity contribution in [1.29, 1.82) is 5.26 Å². The van der Waals surface area contributed by atoms with Gasteiger partial charge in [0.25, 0.3) is 5.91 Å². The Bertz CT molecular complexity index is 1310. The number of fused-ring (bicyclic) bond motifs is 1. The van der Waals surface area contributed by atoms with Crippen molar-refractivity contribution in [3.05, 3.63) is 64.7 Å². The summed E-state index contributed by atoms with van der Waals surface area (Å²) in [6.45, 7) is 4.45. The van der Waals surface area contributed by atoms with E-state index in [1.165, 1.54) is 0 Å². The van der Waals surface area contributed by atoms with E-state index in [2.05, 4.69) is 40.5 Å². The Balaban J connectivity index is 1.39. The predicted molar refractivity (Wildman–Crippen MR) is 139 cm³/mol. The number of aromatic nitrogens is 4. The first-order valence-corrected chi connectivity index (χ1v) is 14.2. The summed E-state index contributed by atoms with van der Waals surface area (Å²) in [6, 6.07) is 9.44. The van der Waals surface area contributed by atoms with E-state index in [1.54, 1.807) is 18.5 Å². The van der Waals surface area contributed by atoms with Crippen LogP contribution in [0.1, 0.15) is 72.0 Å². The van der Waals surface area contributed by atoms with Crippen LogP contribution in [0.15, 0.2) is 36.7 Å². The maximum Gasteiger partial charge on any atom is 0.276 e. The van der Waals surface area contributed by atoms with Crippen LogP contribution in [0.25, 0.3) is 0 Å². The van der Waals surface area contributed by atoms with Crippen LogP contribution in [-0.4, -0.2) is 46.5 Å². The topological polar surface area (TPSA) is 140 Å². The van der Waals surface area contributed by atoms with Gasteiger partial charge >= 0.3 is 0 Å². The zero-order valence-corrected chi connectivity index (χ0v) is 21.4. The van der Waals surface area contributed by atoms with Crippen molar-refractivity contribution in [3.8, 4) is 6.07 Å². The number of nitriles is 1. The molecule has 1 aliphatic carbocycles. The second kappa shape index (κ2) is 9.39. The highest BCUT2D eigenvalue weighted by molar-refractivity contribution is 8.24. The lowest BCUT2D eigenvalue weighted by molar-refractivity contribution is 0.102. The molecule has 190 valence electrons. The van der Waals surface area contributed by atoms with Crippen molar-refractivity contribution in [2.24, 2.45) is 11.3 Å². The number of rotatable bonds is 5. The van der Waals surface area contributed by atoms with Gasteiger partial charge in [0, 0.05) is 29.0 Å². The van der Waals surface area contributed by atoms with Crippen molar-refractivity contribution < 1.29 is 13.9 Å². The summed E-state index contributed by atoms with van der Waals surface area (Å²) in [6.07, 6.45) is 7.40. The van der Waals surface area contributed by atoms with Crippen molar-refractivity contribution in [2.75, 3.05) is 16.8 Å². The average molecular weight is 509 g/mol. The first-order valence-electron chi connectivity index (χ1n) is 12.3. The number of aromatic amines is 1. The van der Waals surface area contributed by atoms with Crippen molar-refractivity contribution in [1.82, 2.24) is 20.0 Å². The highest BCUT2D eigenvalue weighted by Crippen LogP contribution is 2.49. The molecule has 2 aromatic heterocycles. The third-order valence-corrected chi connectivity index (χ3v) is 9.23. The lowest BCUT2D eigenvalue weighted by Gasteiger charge is -2.41. The summed E-state index contributed by atoms with van der Waals surface area (Å²) in [5.41, 5.74) is 4.71. The molecule has 3 heterocycles. The van der Waals surface area contributed by atoms with Crippen LogP contribution in [0.3, 0.4) is 0 Å². The molecule has 2 aliphatic rings. The normalized spacial score (nSPS) is 20.6. The van der Waals surface area contributed by atoms with Gasteiger partial charge in [0.05, 0.1) is 29.6 Å². The number of benzene rings is 1. The summed E-state index contributed by atoms with van der Waals surface area (Å²) in [7, 11) is -2.53. The van der Waals surface area contributed by atoms with Crippen LogP contribution in [0, 0.1) is 22.7 Å². The molecular formula is C26H32N6O3S. The number of nitrogens with one attached hydrogen (secondary N) is 2. The molecule has 9 nitrogen and oxygen atoms in total. The highest BCUT2D eigenvalue weighted by Gasteiger charge is 2.33. The Morgan fingerprint density at radius 2 is 2.11 bits per heavy atom. The Morgan fingerprint density at radius 3 is 2.86 bits per heavy atom. The summed E-state index contributed by atoms with van der Waals surface area (Å²) >= 11 is 0. The largest absolute Gasteiger partial charge is 0.318 e. The Hall–Kier alpha value is -3.13. The van der Waals surface area contributed by atoms with Gasteiger partial charge in [-0.15, -0.1) is 0 Å². The van der Waals surface area contributed by atoms with Crippen LogP contribution in [-0.2, 0) is 12.8 Å². The SMILES string of the molecule is CC1(C)CCc2c(C(=O)Nc3cnn(C(c4cccc(C#N)c4)C4CCS(O)(O)CC4)c3)n[nH]c2C1. The molecule has 0 spiro atoms. The standard InChI is InChI=1S/C26H32N6O3S/c1-26(2)9-6-21-22(13-26)30-31-23(21)25(33)29-20-15-28-32(16-20)24(18-7-10-36(34,35)11-8-18)19-5-3-4-17(12-19)14-27/h3-5,12,15-16,18,24,34-35H,6-11,13H2,1-2H3,(H,29,33)(H,30,31). The minimum Gasteiger partial charge on any atom is -0.318 e. The zero-order chi connectivity index (χ0) is 25.5. The van der Waals surface area contributed by atoms with Crippen LogP contribution in [0.2, 0.25) is 0 Å². The van der Waals surface area contributed by atoms with Crippen molar-refractivity contribution >= 4 is 22.2 Å². The van der Waals surface area contributed by atoms with Gasteiger partial charge in [0.1, 0.15) is 0 Å². The molecule has 1 atom stereocenters. The van der Waals surface area contributed by atoms with Gasteiger partial charge in [-0.25, -0.2) is 0 Å². The van der Waals surface area contributed by atoms with Gasteiger partial charge in [-0.1, -0.05) is 26.0 Å². The Kier molecular flexibility index (Phi) is 6.41. The van der Waals surface area contributed by atoms with E-state index < -0.39 is 10.6 Å². The lowest BCUT2D eigenvalue weighted by atomic mass is 9.76. The molecule has 1 fully saturated rings. The maximum absolute atomic E-state index is 13.1. The number of amides is 1. The predicted octanol–water partition coefficient (Wildman–Crippen LogP) is 5.00. The fourth-order valence-electron chi connectivity index (χ4n) is 5.46. The molecule has 10 heteroatoms. The van der Waals surface area contributed by atoms with E-state index in [1.807, 2.05) is 22.9 Å². The van der Waals surface area contributed by atoms with Gasteiger partial charge in [-0.3, -0.25) is 23.7 Å². The number of anilines is 1. The van der Waals surface area contributed by atoms with Crippen LogP contribution in [0.5, 0.6) is 0 Å². The number of nitrogens with zero attached hydrogens (tertiary/aromatic N) is 4. The fourth-order valence-corrected chi connectivity index (χ4v) is 7.02. The Labute approximate surface area is 212 Å². The number of carbonyl (C=O) groups excluding carboxylic acids is 1. The smallest absolute Gasteiger partial charge is 0.276 e. The molecule has 3 aromatic rings. The molecule has 1 saturated heterocycles. The third-order valence-electron chi connectivity index (χ3n) is 7.45. The molecule has 1 unspecified atom stereocenters. The molecule has 0 saturated carbocycles. The third kappa shape index (κ3) is 5.05. The zero-order valence-electron chi connectivity index (χ0n) is 20.6. The quantitative estimate of drug-likeness (QED) is 0.383. The second-order valence-corrected chi connectivity index (χ2v) is 13.2. The number of carbonyl (C=O) groups is 1. The molecular weight excluding hydrogens is 476 g/mol. The first-order chi connectivity index (χ1) is 17.1. The van der Waals surface area contributed by atoms with Gasteiger partial charge < -0.3 is 5.32 Å². The minimum atomic E-state index is -2.53. The van der Waals surface area contributed by atoms with Gasteiger partial charge in [0.15, 0.2) is 5.69 Å². The number of hydrogen-bond donors (Lipinski definition) is 4. The van der Waals surface area contributed by atoms with Crippen LogP contribution in [0.4, 0.5) is 5.69 Å². The van der Waals surface area contributed by atoms with Crippen molar-refractivity contribution in [3.63, 3.8) is 0 Å². The van der Waals surface area contributed by atoms with Crippen LogP contribution < -0.4 is 5.32 Å². The number of hydrogen-bond acceptors (Lipinski definition) is 6. The molecule has 1 aromatic carbocycles. The molecule has 5 rings (SSSR count). The highest BCUT2D eigenvalue weighted by atomic mass is 32.3. The lowest BCUT2D eigenvalue weighted by Crippen LogP contribution is -2.29. The molecule has 36 heavy (non-hydrogen) atoms. The first kappa shape index (κ1) is 24.6. The maximum atomic E-state index is 13.1. The molecule has 0 bridgehead atoms. The van der Waals surface area contributed by atoms with E-state index in [0.717, 1.165) is 36.1 Å². The summed E-state index contributed by atoms with van der Waals surface area (Å²) in [4.78, 5) is 13.1. The molecule has 1 aliphatic heterocycles. The van der Waals surface area contributed by atoms with E-state index in [-0.39, 0.29) is 23.3 Å². The summed E-state index contributed by atoms with van der Waals surface area (Å²) in [5, 5.41) is 24.3. The summed E-state index contributed by atoms with van der Waals surface area (Å²) in [5.74, 6) is 0.571. The van der Waals surface area contributed by atoms with Crippen molar-refractivity contribution in [2.45, 2.75) is 52.0 Å². The van der Waals surface area contributed by atoms with E-state index >= 15 is 0 Å². The molecule has 1 amide bonds. The van der Waals surface area contributed by atoms with E-state index in [0.29, 0.717) is 41.3 Å². The second-order valence-electron chi connectivity index (χ2n) is 10.8. The van der Waals surface area contributed by atoms with E-state index in [9.17, 15) is 19.2 Å². The minimum absolute atomic E-state index is 0.115. The molecule has 4 N–H and O–H groups in total. The fraction of sp³-hybridized carbons (Fsp3) is 0.462.